The molecule has 3 heteroatoms. The second kappa shape index (κ2) is 4.71. The van der Waals surface area contributed by atoms with E-state index in [2.05, 4.69) is 18.2 Å². The molecule has 1 atom stereocenters. The van der Waals surface area contributed by atoms with Crippen LogP contribution in [-0.2, 0) is 12.8 Å². The molecule has 1 aromatic heterocycles. The topological polar surface area (TPSA) is 29.1 Å². The summed E-state index contributed by atoms with van der Waals surface area (Å²) in [5.41, 5.74) is 1.36. The molecule has 0 spiro atoms. The highest BCUT2D eigenvalue weighted by atomic mass is 32.1. The summed E-state index contributed by atoms with van der Waals surface area (Å²) in [7, 11) is 0. The number of carbonyl (C=O) groups is 1. The monoisotopic (exact) mass is 233 g/mol. The molecule has 2 rings (SSSR count). The van der Waals surface area contributed by atoms with Gasteiger partial charge in [-0.25, -0.2) is 0 Å². The van der Waals surface area contributed by atoms with Crippen LogP contribution in [0.3, 0.4) is 0 Å². The lowest BCUT2D eigenvalue weighted by Crippen LogP contribution is -2.22. The van der Waals surface area contributed by atoms with E-state index >= 15 is 0 Å². The third-order valence-electron chi connectivity index (χ3n) is 2.90. The molecule has 0 unspecified atom stereocenters. The van der Waals surface area contributed by atoms with Crippen molar-refractivity contribution in [1.82, 2.24) is 5.32 Å². The van der Waals surface area contributed by atoms with Gasteiger partial charge in [0.2, 0.25) is 0 Å². The van der Waals surface area contributed by atoms with Crippen LogP contribution in [0.5, 0.6) is 0 Å². The van der Waals surface area contributed by atoms with Crippen molar-refractivity contribution in [3.63, 3.8) is 0 Å². The fourth-order valence-electron chi connectivity index (χ4n) is 2.04. The summed E-state index contributed by atoms with van der Waals surface area (Å²) in [6.45, 7) is 2.57. The van der Waals surface area contributed by atoms with Crippen LogP contribution in [0, 0.1) is 18.3 Å². The summed E-state index contributed by atoms with van der Waals surface area (Å²) in [5.74, 6) is 3.11. The third kappa shape index (κ3) is 2.28. The Bertz CT molecular complexity index is 441. The Kier molecular flexibility index (Phi) is 3.31. The zero-order valence-electron chi connectivity index (χ0n) is 9.38. The number of thiophene rings is 1. The number of aryl methyl sites for hydroxylation is 1. The summed E-state index contributed by atoms with van der Waals surface area (Å²) >= 11 is 1.62. The van der Waals surface area contributed by atoms with Crippen molar-refractivity contribution in [2.75, 3.05) is 6.54 Å². The van der Waals surface area contributed by atoms with Gasteiger partial charge in [0.15, 0.2) is 0 Å². The molecule has 1 aliphatic rings. The minimum Gasteiger partial charge on any atom is -0.340 e. The Labute approximate surface area is 100 Å². The van der Waals surface area contributed by atoms with Gasteiger partial charge in [-0.3, -0.25) is 4.79 Å². The van der Waals surface area contributed by atoms with Gasteiger partial charge in [-0.2, -0.15) is 0 Å². The highest BCUT2D eigenvalue weighted by Gasteiger charge is 2.20. The van der Waals surface area contributed by atoms with E-state index in [1.54, 1.807) is 11.3 Å². The van der Waals surface area contributed by atoms with Gasteiger partial charge in [0.1, 0.15) is 0 Å². The van der Waals surface area contributed by atoms with Crippen LogP contribution in [0.25, 0.3) is 0 Å². The molecule has 2 nitrogen and oxygen atoms in total. The summed E-state index contributed by atoms with van der Waals surface area (Å²) < 4.78 is 0. The number of terminal acetylenes is 1. The maximum Gasteiger partial charge on any atom is 0.262 e. The molecular weight excluding hydrogens is 218 g/mol. The average Bonchev–Trinajstić information content (AvgIpc) is 2.68. The normalized spacial score (nSPS) is 18.6. The van der Waals surface area contributed by atoms with Gasteiger partial charge in [-0.1, -0.05) is 12.8 Å². The van der Waals surface area contributed by atoms with Gasteiger partial charge in [0.05, 0.1) is 11.4 Å². The van der Waals surface area contributed by atoms with Crippen molar-refractivity contribution in [3.05, 3.63) is 21.4 Å². The summed E-state index contributed by atoms with van der Waals surface area (Å²) in [4.78, 5) is 13.9. The Morgan fingerprint density at radius 2 is 2.56 bits per heavy atom. The average molecular weight is 233 g/mol. The third-order valence-corrected chi connectivity index (χ3v) is 4.14. The van der Waals surface area contributed by atoms with Crippen LogP contribution >= 0.6 is 11.3 Å². The van der Waals surface area contributed by atoms with Crippen molar-refractivity contribution < 1.29 is 4.79 Å². The number of hydrogen-bond acceptors (Lipinski definition) is 2. The van der Waals surface area contributed by atoms with E-state index in [9.17, 15) is 4.79 Å². The molecule has 0 saturated carbocycles. The standard InChI is InChI=1S/C13H15NOS/c1-3-6-14-13(15)12-8-10-7-9(2)4-5-11(10)16-12/h1,8-9H,4-7H2,2H3,(H,14,15)/t9-/m0/s1. The fourth-order valence-corrected chi connectivity index (χ4v) is 3.16. The summed E-state index contributed by atoms with van der Waals surface area (Å²) in [6.07, 6.45) is 8.56. The van der Waals surface area contributed by atoms with Crippen LogP contribution in [0.15, 0.2) is 6.07 Å². The lowest BCUT2D eigenvalue weighted by Gasteiger charge is -2.16. The lowest BCUT2D eigenvalue weighted by molar-refractivity contribution is 0.0962. The van der Waals surface area contributed by atoms with Crippen LogP contribution in [-0.4, -0.2) is 12.5 Å². The molecule has 1 N–H and O–H groups in total. The number of fused-ring (bicyclic) bond motifs is 1. The van der Waals surface area contributed by atoms with E-state index in [1.165, 1.54) is 16.9 Å². The molecule has 0 aliphatic heterocycles. The molecule has 16 heavy (non-hydrogen) atoms. The molecule has 0 bridgehead atoms. The number of amides is 1. The zero-order chi connectivity index (χ0) is 11.5. The summed E-state index contributed by atoms with van der Waals surface area (Å²) in [6, 6.07) is 2.03. The Morgan fingerprint density at radius 3 is 3.31 bits per heavy atom. The van der Waals surface area contributed by atoms with E-state index in [4.69, 9.17) is 6.42 Å². The lowest BCUT2D eigenvalue weighted by atomic mass is 9.90. The van der Waals surface area contributed by atoms with Crippen LogP contribution < -0.4 is 5.32 Å². The van der Waals surface area contributed by atoms with Crippen molar-refractivity contribution in [2.24, 2.45) is 5.92 Å². The molecule has 1 aromatic rings. The maximum absolute atomic E-state index is 11.7. The predicted molar refractivity (Wildman–Crippen MR) is 66.7 cm³/mol. The fraction of sp³-hybridized carbons (Fsp3) is 0.462. The quantitative estimate of drug-likeness (QED) is 0.780. The van der Waals surface area contributed by atoms with E-state index in [-0.39, 0.29) is 5.91 Å². The SMILES string of the molecule is C#CCNC(=O)c1cc2c(s1)CC[C@H](C)C2. The first-order valence-electron chi connectivity index (χ1n) is 5.54. The van der Waals surface area contributed by atoms with Crippen LogP contribution in [0.1, 0.15) is 33.5 Å². The number of nitrogens with one attached hydrogen (secondary N) is 1. The van der Waals surface area contributed by atoms with Gasteiger partial charge in [-0.15, -0.1) is 17.8 Å². The van der Waals surface area contributed by atoms with Gasteiger partial charge in [0.25, 0.3) is 5.91 Å². The number of carbonyl (C=O) groups excluding carboxylic acids is 1. The number of rotatable bonds is 2. The van der Waals surface area contributed by atoms with Crippen LogP contribution in [0.2, 0.25) is 0 Å². The van der Waals surface area contributed by atoms with Gasteiger partial charge < -0.3 is 5.32 Å². The molecule has 0 aromatic carbocycles. The molecular formula is C13H15NOS. The molecule has 0 saturated heterocycles. The molecule has 84 valence electrons. The van der Waals surface area contributed by atoms with E-state index in [1.807, 2.05) is 6.07 Å². The molecule has 0 fully saturated rings. The Morgan fingerprint density at radius 1 is 1.75 bits per heavy atom. The number of hydrogen-bond donors (Lipinski definition) is 1. The van der Waals surface area contributed by atoms with Gasteiger partial charge in [0, 0.05) is 4.88 Å². The second-order valence-electron chi connectivity index (χ2n) is 4.29. The van der Waals surface area contributed by atoms with Gasteiger partial charge in [-0.05, 0) is 36.8 Å². The minimum atomic E-state index is -0.0370. The van der Waals surface area contributed by atoms with Crippen LogP contribution in [0.4, 0.5) is 0 Å². The van der Waals surface area contributed by atoms with Crippen molar-refractivity contribution >= 4 is 17.2 Å². The Balaban J connectivity index is 2.13. The van der Waals surface area contributed by atoms with E-state index < -0.39 is 0 Å². The van der Waals surface area contributed by atoms with Crippen molar-refractivity contribution in [2.45, 2.75) is 26.2 Å². The van der Waals surface area contributed by atoms with E-state index in [0.29, 0.717) is 6.54 Å². The minimum absolute atomic E-state index is 0.0370. The highest BCUT2D eigenvalue weighted by molar-refractivity contribution is 7.14. The predicted octanol–water partition coefficient (Wildman–Crippen LogP) is 2.24. The first-order chi connectivity index (χ1) is 7.70. The molecule has 1 heterocycles. The largest absolute Gasteiger partial charge is 0.340 e. The second-order valence-corrected chi connectivity index (χ2v) is 5.43. The smallest absolute Gasteiger partial charge is 0.262 e. The maximum atomic E-state index is 11.7. The Hall–Kier alpha value is -1.27. The molecule has 1 amide bonds. The van der Waals surface area contributed by atoms with E-state index in [0.717, 1.165) is 23.6 Å². The van der Waals surface area contributed by atoms with Gasteiger partial charge >= 0.3 is 0 Å². The van der Waals surface area contributed by atoms with Crippen molar-refractivity contribution in [3.8, 4) is 12.3 Å². The molecule has 1 aliphatic carbocycles. The first kappa shape index (κ1) is 11.2. The summed E-state index contributed by atoms with van der Waals surface area (Å²) in [5, 5.41) is 2.70. The zero-order valence-corrected chi connectivity index (χ0v) is 10.2. The van der Waals surface area contributed by atoms with Crippen molar-refractivity contribution in [1.29, 1.82) is 0 Å². The first-order valence-corrected chi connectivity index (χ1v) is 6.35. The molecule has 0 radical (unpaired) electrons. The highest BCUT2D eigenvalue weighted by Crippen LogP contribution is 2.32.